The Hall–Kier alpha value is -1.77. The molecular weight excluding hydrogens is 280 g/mol. The molecule has 1 aromatic rings. The third kappa shape index (κ3) is 3.41. The van der Waals surface area contributed by atoms with Gasteiger partial charge in [-0.2, -0.15) is 5.26 Å². The minimum atomic E-state index is -0.298. The summed E-state index contributed by atoms with van der Waals surface area (Å²) in [4.78, 5) is 13.3. The summed E-state index contributed by atoms with van der Waals surface area (Å²) in [6.45, 7) is 1.73. The summed E-state index contributed by atoms with van der Waals surface area (Å²) in [6.07, 6.45) is -0.0129. The molecule has 0 radical (unpaired) electrons. The quantitative estimate of drug-likeness (QED) is 0.798. The molecule has 20 heavy (non-hydrogen) atoms. The number of carbonyl (C=O) groups is 1. The van der Waals surface area contributed by atoms with Crippen LogP contribution in [0, 0.1) is 11.3 Å². The lowest BCUT2D eigenvalue weighted by Gasteiger charge is -2.34. The molecule has 1 saturated heterocycles. The van der Waals surface area contributed by atoms with Gasteiger partial charge in [-0.3, -0.25) is 4.79 Å². The van der Waals surface area contributed by atoms with E-state index in [-0.39, 0.29) is 18.5 Å². The zero-order valence-corrected chi connectivity index (χ0v) is 11.9. The van der Waals surface area contributed by atoms with E-state index in [1.54, 1.807) is 12.1 Å². The molecular formula is C14H15ClN2O3. The maximum Gasteiger partial charge on any atom is 0.308 e. The molecule has 0 aliphatic carbocycles. The van der Waals surface area contributed by atoms with E-state index in [0.29, 0.717) is 30.3 Å². The predicted molar refractivity (Wildman–Crippen MR) is 74.8 cm³/mol. The van der Waals surface area contributed by atoms with Crippen molar-refractivity contribution in [2.24, 2.45) is 0 Å². The number of ether oxygens (including phenoxy) is 2. The molecule has 5 nitrogen and oxygen atoms in total. The van der Waals surface area contributed by atoms with Crippen molar-refractivity contribution in [3.05, 3.63) is 28.8 Å². The highest BCUT2D eigenvalue weighted by molar-refractivity contribution is 6.30. The van der Waals surface area contributed by atoms with Crippen molar-refractivity contribution < 1.29 is 14.3 Å². The maximum atomic E-state index is 11.3. The Morgan fingerprint density at radius 3 is 3.15 bits per heavy atom. The van der Waals surface area contributed by atoms with Crippen LogP contribution >= 0.6 is 11.6 Å². The van der Waals surface area contributed by atoms with Gasteiger partial charge in [0.2, 0.25) is 0 Å². The Morgan fingerprint density at radius 1 is 1.65 bits per heavy atom. The number of rotatable bonds is 3. The average molecular weight is 295 g/mol. The molecule has 0 spiro atoms. The molecule has 106 valence electrons. The third-order valence-electron chi connectivity index (χ3n) is 3.18. The average Bonchev–Trinajstić information content (AvgIpc) is 2.47. The van der Waals surface area contributed by atoms with E-state index in [2.05, 4.69) is 10.8 Å². The zero-order valence-electron chi connectivity index (χ0n) is 11.1. The van der Waals surface area contributed by atoms with Gasteiger partial charge in [0.15, 0.2) is 0 Å². The van der Waals surface area contributed by atoms with Crippen LogP contribution in [0.15, 0.2) is 18.2 Å². The standard InChI is InChI=1S/C14H15ClN2O3/c1-19-14(18)7-12-9-17(4-5-20-12)13-3-2-11(15)6-10(13)8-16/h2-3,6,12H,4-5,7,9H2,1H3. The smallest absolute Gasteiger partial charge is 0.308 e. The van der Waals surface area contributed by atoms with Crippen LogP contribution in [0.2, 0.25) is 5.02 Å². The van der Waals surface area contributed by atoms with Crippen LogP contribution in [0.3, 0.4) is 0 Å². The molecule has 0 bridgehead atoms. The SMILES string of the molecule is COC(=O)CC1CN(c2ccc(Cl)cc2C#N)CCO1. The number of anilines is 1. The molecule has 1 heterocycles. The van der Waals surface area contributed by atoms with Crippen molar-refractivity contribution in [1.82, 2.24) is 0 Å². The van der Waals surface area contributed by atoms with E-state index in [9.17, 15) is 10.1 Å². The highest BCUT2D eigenvalue weighted by Crippen LogP contribution is 2.26. The summed E-state index contributed by atoms with van der Waals surface area (Å²) >= 11 is 5.90. The minimum Gasteiger partial charge on any atom is -0.469 e. The summed E-state index contributed by atoms with van der Waals surface area (Å²) in [5, 5.41) is 9.71. The molecule has 1 atom stereocenters. The van der Waals surface area contributed by atoms with Gasteiger partial charge in [-0.1, -0.05) is 11.6 Å². The first-order valence-electron chi connectivity index (χ1n) is 6.27. The highest BCUT2D eigenvalue weighted by atomic mass is 35.5. The van der Waals surface area contributed by atoms with Crippen LogP contribution in [0.5, 0.6) is 0 Å². The summed E-state index contributed by atoms with van der Waals surface area (Å²) in [5.41, 5.74) is 1.34. The molecule has 6 heteroatoms. The van der Waals surface area contributed by atoms with Gasteiger partial charge in [0.25, 0.3) is 0 Å². The van der Waals surface area contributed by atoms with Gasteiger partial charge in [-0.25, -0.2) is 0 Å². The van der Waals surface area contributed by atoms with Crippen LogP contribution in [0.25, 0.3) is 0 Å². The van der Waals surface area contributed by atoms with Crippen LogP contribution in [-0.4, -0.2) is 38.9 Å². The van der Waals surface area contributed by atoms with Gasteiger partial charge < -0.3 is 14.4 Å². The topological polar surface area (TPSA) is 62.6 Å². The first-order valence-corrected chi connectivity index (χ1v) is 6.65. The van der Waals surface area contributed by atoms with Gasteiger partial charge >= 0.3 is 5.97 Å². The maximum absolute atomic E-state index is 11.3. The normalized spacial score (nSPS) is 18.4. The van der Waals surface area contributed by atoms with Gasteiger partial charge in [0.05, 0.1) is 37.5 Å². The fourth-order valence-electron chi connectivity index (χ4n) is 2.20. The van der Waals surface area contributed by atoms with Crippen molar-refractivity contribution in [1.29, 1.82) is 5.26 Å². The van der Waals surface area contributed by atoms with Crippen LogP contribution in [-0.2, 0) is 14.3 Å². The zero-order chi connectivity index (χ0) is 14.5. The second-order valence-electron chi connectivity index (χ2n) is 4.49. The fraction of sp³-hybridized carbons (Fsp3) is 0.429. The van der Waals surface area contributed by atoms with Gasteiger partial charge in [-0.05, 0) is 18.2 Å². The number of morpholine rings is 1. The Morgan fingerprint density at radius 2 is 2.45 bits per heavy atom. The largest absolute Gasteiger partial charge is 0.469 e. The number of esters is 1. The van der Waals surface area contributed by atoms with E-state index in [4.69, 9.17) is 16.3 Å². The second-order valence-corrected chi connectivity index (χ2v) is 4.93. The molecule has 1 aromatic carbocycles. The number of halogens is 1. The van der Waals surface area contributed by atoms with E-state index >= 15 is 0 Å². The minimum absolute atomic E-state index is 0.211. The van der Waals surface area contributed by atoms with Crippen LogP contribution < -0.4 is 4.90 Å². The summed E-state index contributed by atoms with van der Waals surface area (Å²) in [6, 6.07) is 7.36. The van der Waals surface area contributed by atoms with Crippen molar-refractivity contribution in [2.45, 2.75) is 12.5 Å². The number of benzene rings is 1. The molecule has 0 aromatic heterocycles. The third-order valence-corrected chi connectivity index (χ3v) is 3.42. The number of carbonyl (C=O) groups excluding carboxylic acids is 1. The second kappa shape index (κ2) is 6.60. The van der Waals surface area contributed by atoms with E-state index < -0.39 is 0 Å². The summed E-state index contributed by atoms with van der Waals surface area (Å²) in [7, 11) is 1.36. The number of methoxy groups -OCH3 is 1. The first kappa shape index (κ1) is 14.6. The Kier molecular flexibility index (Phi) is 4.83. The fourth-order valence-corrected chi connectivity index (χ4v) is 2.38. The molecule has 1 aliphatic rings. The van der Waals surface area contributed by atoms with Crippen molar-refractivity contribution in [3.8, 4) is 6.07 Å². The Bertz CT molecular complexity index is 542. The van der Waals surface area contributed by atoms with Crippen molar-refractivity contribution in [2.75, 3.05) is 31.7 Å². The molecule has 1 fully saturated rings. The van der Waals surface area contributed by atoms with Gasteiger partial charge in [0, 0.05) is 18.1 Å². The highest BCUT2D eigenvalue weighted by Gasteiger charge is 2.24. The number of hydrogen-bond donors (Lipinski definition) is 0. The van der Waals surface area contributed by atoms with E-state index in [1.807, 2.05) is 11.0 Å². The molecule has 0 N–H and O–H groups in total. The number of nitriles is 1. The number of hydrogen-bond acceptors (Lipinski definition) is 5. The Labute approximate surface area is 122 Å². The number of nitrogens with zero attached hydrogens (tertiary/aromatic N) is 2. The van der Waals surface area contributed by atoms with Crippen LogP contribution in [0.4, 0.5) is 5.69 Å². The van der Waals surface area contributed by atoms with Crippen molar-refractivity contribution in [3.63, 3.8) is 0 Å². The van der Waals surface area contributed by atoms with Gasteiger partial charge in [-0.15, -0.1) is 0 Å². The molecule has 2 rings (SSSR count). The van der Waals surface area contributed by atoms with E-state index in [0.717, 1.165) is 5.69 Å². The monoisotopic (exact) mass is 294 g/mol. The van der Waals surface area contributed by atoms with E-state index in [1.165, 1.54) is 7.11 Å². The van der Waals surface area contributed by atoms with Crippen LogP contribution in [0.1, 0.15) is 12.0 Å². The lowest BCUT2D eigenvalue weighted by atomic mass is 10.1. The summed E-state index contributed by atoms with van der Waals surface area (Å²) in [5.74, 6) is -0.298. The molecule has 1 aliphatic heterocycles. The first-order chi connectivity index (χ1) is 9.63. The summed E-state index contributed by atoms with van der Waals surface area (Å²) < 4.78 is 10.2. The van der Waals surface area contributed by atoms with Crippen molar-refractivity contribution >= 4 is 23.3 Å². The van der Waals surface area contributed by atoms with Gasteiger partial charge in [0.1, 0.15) is 6.07 Å². The molecule has 0 saturated carbocycles. The molecule has 1 unspecified atom stereocenters. The Balaban J connectivity index is 2.13. The lowest BCUT2D eigenvalue weighted by Crippen LogP contribution is -2.43. The lowest BCUT2D eigenvalue weighted by molar-refractivity contribution is -0.144. The molecule has 0 amide bonds. The predicted octanol–water partition coefficient (Wildman–Crippen LogP) is 1.98.